The highest BCUT2D eigenvalue weighted by Crippen LogP contribution is 2.24. The maximum atomic E-state index is 5.99. The third kappa shape index (κ3) is 4.16. The molecule has 0 bridgehead atoms. The Morgan fingerprint density at radius 1 is 1.16 bits per heavy atom. The number of nitrogens with one attached hydrogen (secondary N) is 1. The number of hydrogen-bond donors (Lipinski definition) is 1. The molecule has 3 nitrogen and oxygen atoms in total. The van der Waals surface area contributed by atoms with Gasteiger partial charge in [0.1, 0.15) is 0 Å². The number of halogens is 2. The molecule has 0 aliphatic rings. The zero-order valence-corrected chi connectivity index (χ0v) is 12.2. The third-order valence-electron chi connectivity index (χ3n) is 2.57. The summed E-state index contributed by atoms with van der Waals surface area (Å²) in [5.74, 6) is 0.639. The lowest BCUT2D eigenvalue weighted by Crippen LogP contribution is -2.15. The normalized spacial score (nSPS) is 10.7. The molecule has 2 aromatic rings. The van der Waals surface area contributed by atoms with Crippen LogP contribution in [-0.4, -0.2) is 16.5 Å². The minimum absolute atomic E-state index is 0.584. The highest BCUT2D eigenvalue weighted by Gasteiger charge is 2.05. The van der Waals surface area contributed by atoms with Crippen LogP contribution < -0.4 is 5.32 Å². The highest BCUT2D eigenvalue weighted by atomic mass is 35.5. The standard InChI is InChI=1S/C14H15Cl2N3/c1-2-4-17-9-13-3-5-18-14(19-13)10-6-11(15)8-12(16)7-10/h3,5-8,17H,2,4,9H2,1H3. The first-order chi connectivity index (χ1) is 9.19. The summed E-state index contributed by atoms with van der Waals surface area (Å²) < 4.78 is 0. The Hall–Kier alpha value is -1.16. The molecular formula is C14H15Cl2N3. The van der Waals surface area contributed by atoms with E-state index in [1.165, 1.54) is 0 Å². The zero-order chi connectivity index (χ0) is 13.7. The van der Waals surface area contributed by atoms with E-state index in [1.807, 2.05) is 18.2 Å². The molecule has 0 aliphatic heterocycles. The lowest BCUT2D eigenvalue weighted by atomic mass is 10.2. The van der Waals surface area contributed by atoms with Gasteiger partial charge in [0.05, 0.1) is 5.69 Å². The van der Waals surface area contributed by atoms with Crippen molar-refractivity contribution >= 4 is 23.2 Å². The Kier molecular flexibility index (Phi) is 5.14. The second-order valence-electron chi connectivity index (χ2n) is 4.21. The van der Waals surface area contributed by atoms with Gasteiger partial charge in [0.2, 0.25) is 0 Å². The summed E-state index contributed by atoms with van der Waals surface area (Å²) in [6, 6.07) is 7.22. The molecule has 0 amide bonds. The van der Waals surface area contributed by atoms with Crippen molar-refractivity contribution in [3.05, 3.63) is 46.2 Å². The number of benzene rings is 1. The number of hydrogen-bond acceptors (Lipinski definition) is 3. The Labute approximate surface area is 123 Å². The average Bonchev–Trinajstić information content (AvgIpc) is 2.38. The average molecular weight is 296 g/mol. The largest absolute Gasteiger partial charge is 0.311 e. The van der Waals surface area contributed by atoms with Crippen LogP contribution in [-0.2, 0) is 6.54 Å². The molecule has 0 radical (unpaired) electrons. The third-order valence-corrected chi connectivity index (χ3v) is 3.00. The Balaban J connectivity index is 2.22. The summed E-state index contributed by atoms with van der Waals surface area (Å²) in [7, 11) is 0. The van der Waals surface area contributed by atoms with E-state index in [0.29, 0.717) is 15.9 Å². The fourth-order valence-corrected chi connectivity index (χ4v) is 2.24. The molecule has 0 saturated heterocycles. The predicted molar refractivity (Wildman–Crippen MR) is 79.5 cm³/mol. The molecule has 0 fully saturated rings. The van der Waals surface area contributed by atoms with E-state index in [2.05, 4.69) is 22.2 Å². The molecule has 0 saturated carbocycles. The van der Waals surface area contributed by atoms with Crippen molar-refractivity contribution in [2.24, 2.45) is 0 Å². The molecule has 100 valence electrons. The molecule has 19 heavy (non-hydrogen) atoms. The molecule has 0 atom stereocenters. The minimum Gasteiger partial charge on any atom is -0.311 e. The first-order valence-electron chi connectivity index (χ1n) is 6.18. The van der Waals surface area contributed by atoms with Gasteiger partial charge in [-0.25, -0.2) is 9.97 Å². The molecule has 0 unspecified atom stereocenters. The molecule has 1 heterocycles. The Bertz CT molecular complexity index is 538. The predicted octanol–water partition coefficient (Wildman–Crippen LogP) is 3.95. The summed E-state index contributed by atoms with van der Waals surface area (Å²) in [6.07, 6.45) is 2.85. The molecule has 1 N–H and O–H groups in total. The zero-order valence-electron chi connectivity index (χ0n) is 10.7. The highest BCUT2D eigenvalue weighted by molar-refractivity contribution is 6.35. The molecule has 1 aromatic heterocycles. The molecule has 0 aliphatic carbocycles. The molecule has 0 spiro atoms. The monoisotopic (exact) mass is 295 g/mol. The SMILES string of the molecule is CCCNCc1ccnc(-c2cc(Cl)cc(Cl)c2)n1. The van der Waals surface area contributed by atoms with E-state index in [1.54, 1.807) is 12.3 Å². The van der Waals surface area contributed by atoms with Gasteiger partial charge in [-0.05, 0) is 37.2 Å². The second-order valence-corrected chi connectivity index (χ2v) is 5.08. The molecular weight excluding hydrogens is 281 g/mol. The summed E-state index contributed by atoms with van der Waals surface area (Å²) in [5, 5.41) is 4.48. The summed E-state index contributed by atoms with van der Waals surface area (Å²) in [4.78, 5) is 8.77. The van der Waals surface area contributed by atoms with Gasteiger partial charge in [-0.2, -0.15) is 0 Å². The van der Waals surface area contributed by atoms with Crippen molar-refractivity contribution in [3.8, 4) is 11.4 Å². The lowest BCUT2D eigenvalue weighted by molar-refractivity contribution is 0.663. The number of nitrogens with zero attached hydrogens (tertiary/aromatic N) is 2. The van der Waals surface area contributed by atoms with Crippen molar-refractivity contribution < 1.29 is 0 Å². The van der Waals surface area contributed by atoms with Crippen molar-refractivity contribution in [1.82, 2.24) is 15.3 Å². The van der Waals surface area contributed by atoms with Crippen LogP contribution in [0, 0.1) is 0 Å². The quantitative estimate of drug-likeness (QED) is 0.849. The fourth-order valence-electron chi connectivity index (χ4n) is 1.71. The molecule has 1 aromatic carbocycles. The van der Waals surface area contributed by atoms with E-state index in [4.69, 9.17) is 23.2 Å². The van der Waals surface area contributed by atoms with Crippen molar-refractivity contribution in [3.63, 3.8) is 0 Å². The van der Waals surface area contributed by atoms with Gasteiger partial charge in [-0.1, -0.05) is 30.1 Å². The van der Waals surface area contributed by atoms with Crippen LogP contribution in [0.4, 0.5) is 0 Å². The Morgan fingerprint density at radius 2 is 1.89 bits per heavy atom. The van der Waals surface area contributed by atoms with Gasteiger partial charge >= 0.3 is 0 Å². The first kappa shape index (κ1) is 14.3. The summed E-state index contributed by atoms with van der Waals surface area (Å²) >= 11 is 12.0. The van der Waals surface area contributed by atoms with Crippen LogP contribution >= 0.6 is 23.2 Å². The second kappa shape index (κ2) is 6.85. The first-order valence-corrected chi connectivity index (χ1v) is 6.93. The van der Waals surface area contributed by atoms with Gasteiger partial charge < -0.3 is 5.32 Å². The lowest BCUT2D eigenvalue weighted by Gasteiger charge is -2.06. The molecule has 2 rings (SSSR count). The van der Waals surface area contributed by atoms with Gasteiger partial charge in [-0.3, -0.25) is 0 Å². The van der Waals surface area contributed by atoms with Crippen molar-refractivity contribution in [1.29, 1.82) is 0 Å². The van der Waals surface area contributed by atoms with Gasteiger partial charge in [0.25, 0.3) is 0 Å². The van der Waals surface area contributed by atoms with Crippen LogP contribution in [0.1, 0.15) is 19.0 Å². The minimum atomic E-state index is 0.584. The van der Waals surface area contributed by atoms with Gasteiger partial charge in [0, 0.05) is 28.4 Å². The van der Waals surface area contributed by atoms with Gasteiger partial charge in [-0.15, -0.1) is 0 Å². The maximum Gasteiger partial charge on any atom is 0.159 e. The number of aromatic nitrogens is 2. The molecule has 5 heteroatoms. The topological polar surface area (TPSA) is 37.8 Å². The van der Waals surface area contributed by atoms with E-state index < -0.39 is 0 Å². The van der Waals surface area contributed by atoms with E-state index >= 15 is 0 Å². The van der Waals surface area contributed by atoms with Gasteiger partial charge in [0.15, 0.2) is 5.82 Å². The van der Waals surface area contributed by atoms with Crippen LogP contribution in [0.2, 0.25) is 10.0 Å². The summed E-state index contributed by atoms with van der Waals surface area (Å²) in [6.45, 7) is 3.84. The maximum absolute atomic E-state index is 5.99. The fraction of sp³-hybridized carbons (Fsp3) is 0.286. The van der Waals surface area contributed by atoms with Crippen LogP contribution in [0.3, 0.4) is 0 Å². The van der Waals surface area contributed by atoms with Crippen molar-refractivity contribution in [2.75, 3.05) is 6.54 Å². The van der Waals surface area contributed by atoms with E-state index in [0.717, 1.165) is 30.8 Å². The van der Waals surface area contributed by atoms with Crippen LogP contribution in [0.5, 0.6) is 0 Å². The van der Waals surface area contributed by atoms with E-state index in [-0.39, 0.29) is 0 Å². The number of rotatable bonds is 5. The Morgan fingerprint density at radius 3 is 2.58 bits per heavy atom. The van der Waals surface area contributed by atoms with Crippen LogP contribution in [0.15, 0.2) is 30.5 Å². The van der Waals surface area contributed by atoms with E-state index in [9.17, 15) is 0 Å². The van der Waals surface area contributed by atoms with Crippen molar-refractivity contribution in [2.45, 2.75) is 19.9 Å². The van der Waals surface area contributed by atoms with Crippen LogP contribution in [0.25, 0.3) is 11.4 Å². The smallest absolute Gasteiger partial charge is 0.159 e. The summed E-state index contributed by atoms with van der Waals surface area (Å²) in [5.41, 5.74) is 1.78.